The Morgan fingerprint density at radius 2 is 1.66 bits per heavy atom. The molecule has 198 valence electrons. The first-order valence-electron chi connectivity index (χ1n) is 12.6. The summed E-state index contributed by atoms with van der Waals surface area (Å²) < 4.78 is 39.4. The standard InChI is InChI=1S/C27H29F3N8/c1-3-7-20-11-13-38(18-19-8-5-4-6-9-19)24-22(20)23(31-2)34-26(35-24)37-16-14-36(15-17-37)25-32-12-10-21(33-25)27(28,29)30/h3-6,8-10,12H,11,13-18H2,1-2H3,(H,31,34,35). The van der Waals surface area contributed by atoms with Crippen LogP contribution in [-0.4, -0.2) is 59.7 Å². The molecule has 38 heavy (non-hydrogen) atoms. The van der Waals surface area contributed by atoms with Crippen LogP contribution in [0.3, 0.4) is 0 Å². The van der Waals surface area contributed by atoms with Crippen molar-refractivity contribution in [2.45, 2.75) is 26.1 Å². The fourth-order valence-electron chi connectivity index (χ4n) is 4.79. The van der Waals surface area contributed by atoms with E-state index in [9.17, 15) is 13.2 Å². The second-order valence-electron chi connectivity index (χ2n) is 9.10. The molecule has 2 aromatic heterocycles. The third-order valence-corrected chi connectivity index (χ3v) is 6.66. The van der Waals surface area contributed by atoms with Crippen molar-refractivity contribution in [1.82, 2.24) is 19.9 Å². The molecule has 3 aromatic rings. The molecule has 2 aliphatic rings. The molecule has 0 atom stereocenters. The van der Waals surface area contributed by atoms with Crippen molar-refractivity contribution in [3.8, 4) is 0 Å². The van der Waals surface area contributed by atoms with E-state index in [0.717, 1.165) is 54.5 Å². The number of aromatic nitrogens is 4. The Balaban J connectivity index is 1.43. The maximum Gasteiger partial charge on any atom is 0.433 e. The van der Waals surface area contributed by atoms with Gasteiger partial charge in [-0.25, -0.2) is 9.97 Å². The fourth-order valence-corrected chi connectivity index (χ4v) is 4.79. The van der Waals surface area contributed by atoms with Crippen LogP contribution in [0.4, 0.5) is 36.7 Å². The van der Waals surface area contributed by atoms with Crippen LogP contribution in [0.5, 0.6) is 0 Å². The molecule has 0 amide bonds. The van der Waals surface area contributed by atoms with Crippen molar-refractivity contribution in [2.24, 2.45) is 0 Å². The lowest BCUT2D eigenvalue weighted by Crippen LogP contribution is -2.48. The molecule has 1 fully saturated rings. The van der Waals surface area contributed by atoms with E-state index in [1.165, 1.54) is 5.56 Å². The Hall–Kier alpha value is -4.11. The molecule has 1 aromatic carbocycles. The second-order valence-corrected chi connectivity index (χ2v) is 9.10. The average molecular weight is 523 g/mol. The summed E-state index contributed by atoms with van der Waals surface area (Å²) >= 11 is 0. The first-order valence-corrected chi connectivity index (χ1v) is 12.6. The van der Waals surface area contributed by atoms with Gasteiger partial charge in [-0.1, -0.05) is 30.3 Å². The van der Waals surface area contributed by atoms with E-state index in [2.05, 4.69) is 42.9 Å². The van der Waals surface area contributed by atoms with Crippen molar-refractivity contribution >= 4 is 29.1 Å². The third kappa shape index (κ3) is 5.28. The fraction of sp³-hybridized carbons (Fsp3) is 0.370. The van der Waals surface area contributed by atoms with Crippen LogP contribution >= 0.6 is 0 Å². The predicted molar refractivity (Wildman–Crippen MR) is 142 cm³/mol. The number of hydrogen-bond donors (Lipinski definition) is 1. The molecule has 0 aliphatic carbocycles. The molecule has 0 radical (unpaired) electrons. The minimum atomic E-state index is -4.51. The van der Waals surface area contributed by atoms with Crippen molar-refractivity contribution in [3.05, 3.63) is 71.2 Å². The van der Waals surface area contributed by atoms with Gasteiger partial charge in [-0.15, -0.1) is 5.73 Å². The molecule has 1 N–H and O–H groups in total. The first-order chi connectivity index (χ1) is 18.4. The SMILES string of the molecule is CC=C=C1CCN(Cc2ccccc2)c2nc(N3CCN(c4nccc(C(F)(F)F)n4)CC3)nc(NC)c21. The van der Waals surface area contributed by atoms with E-state index in [4.69, 9.17) is 9.97 Å². The lowest BCUT2D eigenvalue weighted by molar-refractivity contribution is -0.141. The summed E-state index contributed by atoms with van der Waals surface area (Å²) in [6, 6.07) is 11.2. The van der Waals surface area contributed by atoms with Gasteiger partial charge >= 0.3 is 6.18 Å². The van der Waals surface area contributed by atoms with E-state index >= 15 is 0 Å². The van der Waals surface area contributed by atoms with E-state index in [-0.39, 0.29) is 5.95 Å². The van der Waals surface area contributed by atoms with E-state index in [1.807, 2.05) is 38.2 Å². The van der Waals surface area contributed by atoms with Gasteiger partial charge in [0.25, 0.3) is 0 Å². The van der Waals surface area contributed by atoms with Gasteiger partial charge in [0.15, 0.2) is 0 Å². The van der Waals surface area contributed by atoms with Crippen LogP contribution in [0.25, 0.3) is 5.57 Å². The smallest absolute Gasteiger partial charge is 0.372 e. The van der Waals surface area contributed by atoms with Crippen LogP contribution in [0.1, 0.15) is 30.2 Å². The Morgan fingerprint density at radius 3 is 2.32 bits per heavy atom. The lowest BCUT2D eigenvalue weighted by Gasteiger charge is -2.37. The van der Waals surface area contributed by atoms with Gasteiger partial charge < -0.3 is 20.0 Å². The molecular weight excluding hydrogens is 493 g/mol. The molecule has 2 aliphatic heterocycles. The van der Waals surface area contributed by atoms with Gasteiger partial charge in [0.1, 0.15) is 17.3 Å². The summed E-state index contributed by atoms with van der Waals surface area (Å²) in [5.74, 6) is 2.24. The monoisotopic (exact) mass is 522 g/mol. The number of anilines is 4. The Morgan fingerprint density at radius 1 is 0.947 bits per heavy atom. The molecule has 0 saturated carbocycles. The molecule has 0 bridgehead atoms. The van der Waals surface area contributed by atoms with E-state index in [1.54, 1.807) is 4.90 Å². The molecule has 0 unspecified atom stereocenters. The minimum Gasteiger partial charge on any atom is -0.372 e. The molecule has 11 heteroatoms. The largest absolute Gasteiger partial charge is 0.433 e. The van der Waals surface area contributed by atoms with E-state index < -0.39 is 11.9 Å². The number of piperazine rings is 1. The highest BCUT2D eigenvalue weighted by atomic mass is 19.4. The van der Waals surface area contributed by atoms with Crippen molar-refractivity contribution < 1.29 is 13.2 Å². The molecule has 1 saturated heterocycles. The number of halogens is 3. The maximum absolute atomic E-state index is 13.1. The zero-order valence-corrected chi connectivity index (χ0v) is 21.3. The lowest BCUT2D eigenvalue weighted by atomic mass is 9.99. The number of hydrogen-bond acceptors (Lipinski definition) is 8. The summed E-state index contributed by atoms with van der Waals surface area (Å²) in [6.07, 6.45) is -0.613. The number of rotatable bonds is 5. The maximum atomic E-state index is 13.1. The second kappa shape index (κ2) is 10.7. The Kier molecular flexibility index (Phi) is 7.20. The summed E-state index contributed by atoms with van der Waals surface area (Å²) in [7, 11) is 1.85. The summed E-state index contributed by atoms with van der Waals surface area (Å²) in [6.45, 7) is 5.43. The van der Waals surface area contributed by atoms with Crippen molar-refractivity contribution in [1.29, 1.82) is 0 Å². The number of alkyl halides is 3. The highest BCUT2D eigenvalue weighted by Crippen LogP contribution is 2.39. The van der Waals surface area contributed by atoms with Gasteiger partial charge in [-0.2, -0.15) is 23.1 Å². The zero-order chi connectivity index (χ0) is 26.7. The quantitative estimate of drug-likeness (QED) is 0.487. The third-order valence-electron chi connectivity index (χ3n) is 6.66. The van der Waals surface area contributed by atoms with Gasteiger partial charge in [0.2, 0.25) is 11.9 Å². The van der Waals surface area contributed by atoms with Gasteiger partial charge in [-0.3, -0.25) is 0 Å². The zero-order valence-electron chi connectivity index (χ0n) is 21.3. The Labute approximate surface area is 219 Å². The van der Waals surface area contributed by atoms with Crippen LogP contribution in [0.2, 0.25) is 0 Å². The molecule has 0 spiro atoms. The van der Waals surface area contributed by atoms with Crippen LogP contribution in [0.15, 0.2) is 54.4 Å². The number of benzene rings is 1. The number of nitrogens with one attached hydrogen (secondary N) is 1. The molecule has 5 rings (SSSR count). The average Bonchev–Trinajstić information content (AvgIpc) is 2.94. The number of fused-ring (bicyclic) bond motifs is 1. The predicted octanol–water partition coefficient (Wildman–Crippen LogP) is 4.62. The minimum absolute atomic E-state index is 0.0805. The van der Waals surface area contributed by atoms with Crippen LogP contribution in [0, 0.1) is 0 Å². The van der Waals surface area contributed by atoms with Crippen LogP contribution < -0.4 is 20.0 Å². The summed E-state index contributed by atoms with van der Waals surface area (Å²) in [4.78, 5) is 23.8. The molecule has 8 nitrogen and oxygen atoms in total. The van der Waals surface area contributed by atoms with Crippen molar-refractivity contribution in [2.75, 3.05) is 59.8 Å². The highest BCUT2D eigenvalue weighted by molar-refractivity contribution is 5.85. The summed E-state index contributed by atoms with van der Waals surface area (Å²) in [5, 5.41) is 3.25. The van der Waals surface area contributed by atoms with E-state index in [0.29, 0.717) is 32.1 Å². The molecular formula is C27H29F3N8. The molecule has 4 heterocycles. The first kappa shape index (κ1) is 25.5. The highest BCUT2D eigenvalue weighted by Gasteiger charge is 2.34. The number of nitrogens with zero attached hydrogens (tertiary/aromatic N) is 7. The Bertz CT molecular complexity index is 1340. The topological polar surface area (TPSA) is 73.3 Å². The van der Waals surface area contributed by atoms with Gasteiger partial charge in [0.05, 0.1) is 5.56 Å². The van der Waals surface area contributed by atoms with Gasteiger partial charge in [-0.05, 0) is 31.1 Å². The van der Waals surface area contributed by atoms with Gasteiger partial charge in [0, 0.05) is 58.1 Å². The normalized spacial score (nSPS) is 15.7. The van der Waals surface area contributed by atoms with Crippen LogP contribution in [-0.2, 0) is 12.7 Å². The van der Waals surface area contributed by atoms with Crippen molar-refractivity contribution in [3.63, 3.8) is 0 Å². The summed E-state index contributed by atoms with van der Waals surface area (Å²) in [5.41, 5.74) is 5.64.